The molecule has 0 saturated heterocycles. The number of ether oxygens (including phenoxy) is 1. The van der Waals surface area contributed by atoms with E-state index >= 15 is 0 Å². The molecule has 0 unspecified atom stereocenters. The molecule has 0 aliphatic carbocycles. The molecule has 0 saturated carbocycles. The molecule has 1 aromatic carbocycles. The van der Waals surface area contributed by atoms with Gasteiger partial charge >= 0.3 is 0 Å². The summed E-state index contributed by atoms with van der Waals surface area (Å²) in [7, 11) is 0. The quantitative estimate of drug-likeness (QED) is 0.627. The lowest BCUT2D eigenvalue weighted by atomic mass is 10.2. The van der Waals surface area contributed by atoms with Crippen LogP contribution in [-0.2, 0) is 4.74 Å². The Morgan fingerprint density at radius 2 is 1.69 bits per heavy atom. The van der Waals surface area contributed by atoms with Crippen molar-refractivity contribution in [2.45, 2.75) is 26.4 Å². The van der Waals surface area contributed by atoms with Gasteiger partial charge in [0.2, 0.25) is 0 Å². The fourth-order valence-corrected chi connectivity index (χ4v) is 0.881. The highest BCUT2D eigenvalue weighted by Gasteiger charge is 2.06. The molecule has 70 valence electrons. The average Bonchev–Trinajstić information content (AvgIpc) is 2.04. The topological polar surface area (TPSA) is 9.23 Å². The van der Waals surface area contributed by atoms with E-state index in [0.717, 1.165) is 5.56 Å². The highest BCUT2D eigenvalue weighted by atomic mass is 16.5. The van der Waals surface area contributed by atoms with E-state index in [9.17, 15) is 0 Å². The normalized spacial score (nSPS) is 11.9. The van der Waals surface area contributed by atoms with E-state index in [1.807, 2.05) is 57.2 Å². The summed E-state index contributed by atoms with van der Waals surface area (Å²) in [5, 5.41) is 0. The molecule has 0 radical (unpaired) electrons. The highest BCUT2D eigenvalue weighted by Crippen LogP contribution is 2.09. The maximum absolute atomic E-state index is 5.45. The molecule has 13 heavy (non-hydrogen) atoms. The van der Waals surface area contributed by atoms with Crippen LogP contribution >= 0.6 is 0 Å². The summed E-state index contributed by atoms with van der Waals surface area (Å²) < 4.78 is 5.45. The van der Waals surface area contributed by atoms with Gasteiger partial charge in [0.1, 0.15) is 0 Å². The monoisotopic (exact) mass is 176 g/mol. The minimum Gasteiger partial charge on any atom is -0.496 e. The fourth-order valence-electron chi connectivity index (χ4n) is 0.881. The fraction of sp³-hybridized carbons (Fsp3) is 0.333. The van der Waals surface area contributed by atoms with Crippen LogP contribution in [0.25, 0.3) is 6.08 Å². The minimum atomic E-state index is -0.106. The highest BCUT2D eigenvalue weighted by molar-refractivity contribution is 5.47. The lowest BCUT2D eigenvalue weighted by Gasteiger charge is -2.17. The van der Waals surface area contributed by atoms with E-state index in [1.165, 1.54) is 0 Å². The molecule has 0 fully saturated rings. The molecule has 0 amide bonds. The third kappa shape index (κ3) is 4.36. The van der Waals surface area contributed by atoms with Crippen LogP contribution in [0.4, 0.5) is 0 Å². The molecule has 1 rings (SSSR count). The Bertz CT molecular complexity index is 267. The van der Waals surface area contributed by atoms with Crippen LogP contribution in [0.5, 0.6) is 0 Å². The molecular weight excluding hydrogens is 160 g/mol. The van der Waals surface area contributed by atoms with Gasteiger partial charge in [0.05, 0.1) is 11.9 Å². The number of hydrogen-bond acceptors (Lipinski definition) is 1. The first kappa shape index (κ1) is 9.85. The lowest BCUT2D eigenvalue weighted by Crippen LogP contribution is -2.15. The predicted molar refractivity (Wildman–Crippen MR) is 56.3 cm³/mol. The first-order valence-corrected chi connectivity index (χ1v) is 4.47. The van der Waals surface area contributed by atoms with Crippen molar-refractivity contribution in [1.82, 2.24) is 0 Å². The van der Waals surface area contributed by atoms with Crippen molar-refractivity contribution in [3.63, 3.8) is 0 Å². The Labute approximate surface area is 80.0 Å². The summed E-state index contributed by atoms with van der Waals surface area (Å²) >= 11 is 0. The van der Waals surface area contributed by atoms with Crippen molar-refractivity contribution in [3.05, 3.63) is 42.2 Å². The maximum Gasteiger partial charge on any atom is 0.0998 e. The molecule has 0 aliphatic heterocycles. The van der Waals surface area contributed by atoms with Gasteiger partial charge in [0.25, 0.3) is 0 Å². The second kappa shape index (κ2) is 4.13. The van der Waals surface area contributed by atoms with Gasteiger partial charge in [-0.2, -0.15) is 0 Å². The molecular formula is C12H16O. The zero-order valence-corrected chi connectivity index (χ0v) is 8.45. The van der Waals surface area contributed by atoms with Crippen LogP contribution in [-0.4, -0.2) is 5.60 Å². The minimum absolute atomic E-state index is 0.106. The molecule has 1 aromatic rings. The molecule has 0 heterocycles. The third-order valence-corrected chi connectivity index (χ3v) is 1.48. The lowest BCUT2D eigenvalue weighted by molar-refractivity contribution is 0.0783. The first-order chi connectivity index (χ1) is 6.08. The Balaban J connectivity index is 2.51. The number of rotatable bonds is 2. The van der Waals surface area contributed by atoms with Crippen LogP contribution in [0.15, 0.2) is 36.6 Å². The second-order valence-electron chi connectivity index (χ2n) is 3.94. The van der Waals surface area contributed by atoms with E-state index in [4.69, 9.17) is 4.74 Å². The van der Waals surface area contributed by atoms with Crippen LogP contribution in [0.3, 0.4) is 0 Å². The molecule has 0 aliphatic rings. The van der Waals surface area contributed by atoms with Crippen molar-refractivity contribution in [3.8, 4) is 0 Å². The molecule has 1 nitrogen and oxygen atoms in total. The van der Waals surface area contributed by atoms with Crippen LogP contribution in [0.1, 0.15) is 26.3 Å². The van der Waals surface area contributed by atoms with Crippen molar-refractivity contribution in [2.75, 3.05) is 0 Å². The summed E-state index contributed by atoms with van der Waals surface area (Å²) in [6.07, 6.45) is 3.71. The summed E-state index contributed by atoms with van der Waals surface area (Å²) in [5.74, 6) is 0. The van der Waals surface area contributed by atoms with Gasteiger partial charge in [-0.25, -0.2) is 0 Å². The number of hydrogen-bond donors (Lipinski definition) is 0. The van der Waals surface area contributed by atoms with Crippen LogP contribution in [0, 0.1) is 0 Å². The van der Waals surface area contributed by atoms with Gasteiger partial charge in [-0.15, -0.1) is 0 Å². The molecule has 1 heteroatoms. The molecule has 0 aromatic heterocycles. The van der Waals surface area contributed by atoms with E-state index < -0.39 is 0 Å². The summed E-state index contributed by atoms with van der Waals surface area (Å²) in [6, 6.07) is 10.1. The Morgan fingerprint density at radius 3 is 2.23 bits per heavy atom. The Hall–Kier alpha value is -1.24. The van der Waals surface area contributed by atoms with Gasteiger partial charge in [0, 0.05) is 0 Å². The smallest absolute Gasteiger partial charge is 0.0998 e. The standard InChI is InChI=1S/C12H16O/c1-12(2,3)13-10-9-11-7-5-4-6-8-11/h4-10H,1-3H3/b10-9+. The third-order valence-electron chi connectivity index (χ3n) is 1.48. The molecule has 0 N–H and O–H groups in total. The van der Waals surface area contributed by atoms with E-state index in [0.29, 0.717) is 0 Å². The van der Waals surface area contributed by atoms with Crippen molar-refractivity contribution in [2.24, 2.45) is 0 Å². The molecule has 0 bridgehead atoms. The van der Waals surface area contributed by atoms with E-state index in [1.54, 1.807) is 6.26 Å². The van der Waals surface area contributed by atoms with Crippen LogP contribution < -0.4 is 0 Å². The summed E-state index contributed by atoms with van der Waals surface area (Å²) in [5.41, 5.74) is 1.05. The zero-order valence-electron chi connectivity index (χ0n) is 8.45. The predicted octanol–water partition coefficient (Wildman–Crippen LogP) is 3.47. The first-order valence-electron chi connectivity index (χ1n) is 4.47. The van der Waals surface area contributed by atoms with Gasteiger partial charge < -0.3 is 4.74 Å². The van der Waals surface area contributed by atoms with Crippen molar-refractivity contribution in [1.29, 1.82) is 0 Å². The SMILES string of the molecule is CC(C)(C)O/C=C/c1ccccc1. The van der Waals surface area contributed by atoms with Gasteiger partial charge in [0.15, 0.2) is 0 Å². The van der Waals surface area contributed by atoms with Gasteiger partial charge in [-0.1, -0.05) is 30.3 Å². The van der Waals surface area contributed by atoms with E-state index in [-0.39, 0.29) is 5.60 Å². The zero-order chi connectivity index (χ0) is 9.73. The maximum atomic E-state index is 5.45. The summed E-state index contributed by atoms with van der Waals surface area (Å²) in [6.45, 7) is 6.09. The number of benzene rings is 1. The molecule has 0 spiro atoms. The van der Waals surface area contributed by atoms with Crippen LogP contribution in [0.2, 0.25) is 0 Å². The largest absolute Gasteiger partial charge is 0.496 e. The van der Waals surface area contributed by atoms with Crippen molar-refractivity contribution >= 4 is 6.08 Å². The second-order valence-corrected chi connectivity index (χ2v) is 3.94. The van der Waals surface area contributed by atoms with Gasteiger partial charge in [-0.05, 0) is 32.4 Å². The Morgan fingerprint density at radius 1 is 1.08 bits per heavy atom. The summed E-state index contributed by atoms with van der Waals surface area (Å²) in [4.78, 5) is 0. The molecule has 0 atom stereocenters. The Kier molecular flexibility index (Phi) is 3.13. The van der Waals surface area contributed by atoms with Crippen molar-refractivity contribution < 1.29 is 4.74 Å². The van der Waals surface area contributed by atoms with E-state index in [2.05, 4.69) is 0 Å². The average molecular weight is 176 g/mol. The van der Waals surface area contributed by atoms with Gasteiger partial charge in [-0.3, -0.25) is 0 Å².